The second kappa shape index (κ2) is 9.56. The third-order valence-electron chi connectivity index (χ3n) is 4.52. The first-order chi connectivity index (χ1) is 13.7. The molecule has 2 N–H and O–H groups in total. The summed E-state index contributed by atoms with van der Waals surface area (Å²) in [7, 11) is 0. The zero-order valence-corrected chi connectivity index (χ0v) is 15.4. The van der Waals surface area contributed by atoms with Crippen LogP contribution in [0.5, 0.6) is 0 Å². The topological polar surface area (TPSA) is 115 Å². The Balaban J connectivity index is 0.000000706. The van der Waals surface area contributed by atoms with Crippen molar-refractivity contribution in [2.45, 2.75) is 13.0 Å². The number of aromatic nitrogens is 4. The molecule has 1 amide bonds. The first-order valence-electron chi connectivity index (χ1n) is 9.00. The number of carbonyl (C=O) groups excluding carboxylic acids is 1. The highest BCUT2D eigenvalue weighted by Gasteiger charge is 2.21. The summed E-state index contributed by atoms with van der Waals surface area (Å²) in [6, 6.07) is 5.53. The van der Waals surface area contributed by atoms with Crippen molar-refractivity contribution in [3.63, 3.8) is 0 Å². The molecule has 1 aliphatic rings. The van der Waals surface area contributed by atoms with Gasteiger partial charge in [0.05, 0.1) is 17.6 Å². The summed E-state index contributed by atoms with van der Waals surface area (Å²) in [5.41, 5.74) is 2.23. The quantitative estimate of drug-likeness (QED) is 0.658. The van der Waals surface area contributed by atoms with E-state index in [1.165, 1.54) is 0 Å². The van der Waals surface area contributed by atoms with Gasteiger partial charge in [0.2, 0.25) is 0 Å². The molecule has 1 saturated heterocycles. The van der Waals surface area contributed by atoms with Crippen LogP contribution in [0.2, 0.25) is 0 Å². The number of carboxylic acid groups (broad SMARTS) is 1. The van der Waals surface area contributed by atoms with Gasteiger partial charge in [-0.05, 0) is 24.6 Å². The molecule has 1 aliphatic heterocycles. The van der Waals surface area contributed by atoms with E-state index in [0.29, 0.717) is 5.56 Å². The fourth-order valence-electron chi connectivity index (χ4n) is 3.21. The number of rotatable bonds is 3. The van der Waals surface area contributed by atoms with E-state index < -0.39 is 0 Å². The highest BCUT2D eigenvalue weighted by molar-refractivity contribution is 5.97. The number of fused-ring (bicyclic) bond motifs is 1. The molecule has 0 aliphatic carbocycles. The molecule has 3 aromatic rings. The van der Waals surface area contributed by atoms with Gasteiger partial charge in [-0.2, -0.15) is 0 Å². The minimum atomic E-state index is -0.250. The van der Waals surface area contributed by atoms with Crippen molar-refractivity contribution in [1.29, 1.82) is 0 Å². The highest BCUT2D eigenvalue weighted by Crippen LogP contribution is 2.15. The maximum absolute atomic E-state index is 12.9. The molecule has 28 heavy (non-hydrogen) atoms. The fraction of sp³-hybridized carbons (Fsp3) is 0.316. The van der Waals surface area contributed by atoms with Gasteiger partial charge in [-0.15, -0.1) is 0 Å². The minimum absolute atomic E-state index is 0.0624. The van der Waals surface area contributed by atoms with Crippen molar-refractivity contribution in [3.05, 3.63) is 54.4 Å². The van der Waals surface area contributed by atoms with E-state index in [0.717, 1.165) is 56.0 Å². The van der Waals surface area contributed by atoms with E-state index in [2.05, 4.69) is 24.8 Å². The molecule has 0 spiro atoms. The minimum Gasteiger partial charge on any atom is -0.483 e. The molecular weight excluding hydrogens is 360 g/mol. The summed E-state index contributed by atoms with van der Waals surface area (Å²) in [4.78, 5) is 41.4. The third kappa shape index (κ3) is 4.89. The molecule has 0 atom stereocenters. The fourth-order valence-corrected chi connectivity index (χ4v) is 3.21. The molecule has 9 nitrogen and oxygen atoms in total. The lowest BCUT2D eigenvalue weighted by Gasteiger charge is -2.21. The van der Waals surface area contributed by atoms with Crippen LogP contribution >= 0.6 is 0 Å². The lowest BCUT2D eigenvalue weighted by atomic mass is 10.1. The van der Waals surface area contributed by atoms with Gasteiger partial charge in [-0.25, -0.2) is 4.98 Å². The Hall–Kier alpha value is -3.33. The van der Waals surface area contributed by atoms with Crippen LogP contribution in [0.4, 0.5) is 0 Å². The van der Waals surface area contributed by atoms with Crippen LogP contribution < -0.4 is 0 Å². The summed E-state index contributed by atoms with van der Waals surface area (Å²) in [5, 5.41) is 6.89. The van der Waals surface area contributed by atoms with Crippen molar-refractivity contribution in [1.82, 2.24) is 29.7 Å². The Morgan fingerprint density at radius 2 is 1.86 bits per heavy atom. The van der Waals surface area contributed by atoms with Crippen LogP contribution in [-0.4, -0.2) is 73.4 Å². The van der Waals surface area contributed by atoms with E-state index in [1.807, 2.05) is 29.3 Å². The molecule has 0 bridgehead atoms. The number of hydrogen-bond acceptors (Lipinski definition) is 6. The Bertz CT molecular complexity index is 915. The van der Waals surface area contributed by atoms with Crippen LogP contribution in [0.3, 0.4) is 0 Å². The summed E-state index contributed by atoms with van der Waals surface area (Å²) >= 11 is 0. The average molecular weight is 382 g/mol. The Morgan fingerprint density at radius 3 is 2.61 bits per heavy atom. The van der Waals surface area contributed by atoms with E-state index in [-0.39, 0.29) is 12.4 Å². The smallest absolute Gasteiger partial charge is 0.290 e. The van der Waals surface area contributed by atoms with E-state index in [1.54, 1.807) is 18.6 Å². The Labute approximate surface area is 162 Å². The number of amides is 1. The van der Waals surface area contributed by atoms with Gasteiger partial charge >= 0.3 is 0 Å². The highest BCUT2D eigenvalue weighted by atomic mass is 16.3. The van der Waals surface area contributed by atoms with Gasteiger partial charge in [0, 0.05) is 56.5 Å². The van der Waals surface area contributed by atoms with Crippen molar-refractivity contribution in [2.75, 3.05) is 26.2 Å². The van der Waals surface area contributed by atoms with E-state index in [9.17, 15) is 4.79 Å². The maximum atomic E-state index is 12.9. The zero-order chi connectivity index (χ0) is 19.8. The van der Waals surface area contributed by atoms with Crippen LogP contribution in [0.25, 0.3) is 11.0 Å². The standard InChI is InChI=1S/C18H20N6O.CH2O2/c25-18(14-2-3-15-16(12-14)20-5-4-19-15)24-9-1-8-23(10-11-24)13-17-21-6-7-22-17;2-1-3/h2-7,12H,1,8-11,13H2,(H,21,22);1H,(H,2,3). The number of benzene rings is 1. The zero-order valence-electron chi connectivity index (χ0n) is 15.4. The monoisotopic (exact) mass is 382 g/mol. The molecular formula is C19H22N6O3. The predicted octanol–water partition coefficient (Wildman–Crippen LogP) is 1.40. The molecule has 0 saturated carbocycles. The van der Waals surface area contributed by atoms with Gasteiger partial charge in [0.15, 0.2) is 0 Å². The SMILES string of the molecule is O=C(c1ccc2nccnc2c1)N1CCCN(Cc2ncc[nH]2)CC1.O=CO. The second-order valence-electron chi connectivity index (χ2n) is 6.32. The molecule has 1 fully saturated rings. The first kappa shape index (κ1) is 19.4. The Kier molecular flexibility index (Phi) is 6.64. The van der Waals surface area contributed by atoms with Gasteiger partial charge in [0.1, 0.15) is 5.82 Å². The normalized spacial score (nSPS) is 14.8. The van der Waals surface area contributed by atoms with Crippen molar-refractivity contribution in [3.8, 4) is 0 Å². The molecule has 0 unspecified atom stereocenters. The van der Waals surface area contributed by atoms with Gasteiger partial charge < -0.3 is 15.0 Å². The van der Waals surface area contributed by atoms with Gasteiger partial charge in [-0.3, -0.25) is 24.5 Å². The van der Waals surface area contributed by atoms with Crippen molar-refractivity contribution < 1.29 is 14.7 Å². The number of imidazole rings is 1. The molecule has 1 aromatic carbocycles. The van der Waals surface area contributed by atoms with Crippen LogP contribution in [-0.2, 0) is 11.3 Å². The summed E-state index contributed by atoms with van der Waals surface area (Å²) in [6.07, 6.45) is 7.87. The van der Waals surface area contributed by atoms with Gasteiger partial charge in [0.25, 0.3) is 12.4 Å². The van der Waals surface area contributed by atoms with Gasteiger partial charge in [-0.1, -0.05) is 0 Å². The van der Waals surface area contributed by atoms with Crippen LogP contribution in [0.15, 0.2) is 43.0 Å². The average Bonchev–Trinajstić information content (AvgIpc) is 3.12. The number of aromatic amines is 1. The van der Waals surface area contributed by atoms with Crippen LogP contribution in [0.1, 0.15) is 22.6 Å². The largest absolute Gasteiger partial charge is 0.483 e. The molecule has 9 heteroatoms. The maximum Gasteiger partial charge on any atom is 0.290 e. The predicted molar refractivity (Wildman–Crippen MR) is 103 cm³/mol. The third-order valence-corrected chi connectivity index (χ3v) is 4.52. The van der Waals surface area contributed by atoms with Crippen molar-refractivity contribution in [2.24, 2.45) is 0 Å². The number of hydrogen-bond donors (Lipinski definition) is 2. The van der Waals surface area contributed by atoms with E-state index in [4.69, 9.17) is 9.90 Å². The molecule has 2 aromatic heterocycles. The molecule has 4 rings (SSSR count). The summed E-state index contributed by atoms with van der Waals surface area (Å²) < 4.78 is 0. The lowest BCUT2D eigenvalue weighted by molar-refractivity contribution is -0.122. The number of nitrogens with one attached hydrogen (secondary N) is 1. The first-order valence-corrected chi connectivity index (χ1v) is 9.00. The number of carbonyl (C=O) groups is 2. The Morgan fingerprint density at radius 1 is 1.07 bits per heavy atom. The molecule has 146 valence electrons. The van der Waals surface area contributed by atoms with Crippen molar-refractivity contribution >= 4 is 23.4 Å². The van der Waals surface area contributed by atoms with Crippen LogP contribution in [0, 0.1) is 0 Å². The number of nitrogens with zero attached hydrogens (tertiary/aromatic N) is 5. The van der Waals surface area contributed by atoms with E-state index >= 15 is 0 Å². The second-order valence-corrected chi connectivity index (χ2v) is 6.32. The summed E-state index contributed by atoms with van der Waals surface area (Å²) in [5.74, 6) is 1.03. The lowest BCUT2D eigenvalue weighted by Crippen LogP contribution is -2.35. The number of H-pyrrole nitrogens is 1. The summed E-state index contributed by atoms with van der Waals surface area (Å²) in [6.45, 7) is 3.85. The molecule has 0 radical (unpaired) electrons. The molecule has 3 heterocycles.